The van der Waals surface area contributed by atoms with Crippen molar-refractivity contribution in [3.63, 3.8) is 0 Å². The number of sulfonamides is 1. The fraction of sp³-hybridized carbons (Fsp3) is 0.364. The van der Waals surface area contributed by atoms with Gasteiger partial charge in [0.05, 0.1) is 34.4 Å². The minimum Gasteiger partial charge on any atom is -0.325 e. The summed E-state index contributed by atoms with van der Waals surface area (Å²) in [6, 6.07) is 7.26. The zero-order valence-electron chi connectivity index (χ0n) is 18.2. The molecule has 0 unspecified atom stereocenters. The van der Waals surface area contributed by atoms with E-state index < -0.39 is 15.4 Å². The van der Waals surface area contributed by atoms with Gasteiger partial charge in [-0.3, -0.25) is 14.5 Å². The van der Waals surface area contributed by atoms with Crippen LogP contribution in [0.25, 0.3) is 11.3 Å². The van der Waals surface area contributed by atoms with Crippen LogP contribution in [0.5, 0.6) is 0 Å². The molecule has 0 atom stereocenters. The number of rotatable bonds is 9. The molecule has 3 aromatic rings. The van der Waals surface area contributed by atoms with E-state index in [1.165, 1.54) is 17.5 Å². The predicted molar refractivity (Wildman–Crippen MR) is 131 cm³/mol. The standard InChI is InChI=1S/C22H24ClN5O3S2/c1-3-22(4-2,18-13-32-21(27-18)28-33(30,31)16-9-10-16)20(29)25-15-7-5-14(6-8-15)17-11-24-12-19(23)26-17/h5-8,11-13,16H,3-4,9-10H2,1-2H3,(H,25,29)(H,27,28). The zero-order chi connectivity index (χ0) is 23.6. The van der Waals surface area contributed by atoms with Gasteiger partial charge in [0.15, 0.2) is 5.13 Å². The van der Waals surface area contributed by atoms with Gasteiger partial charge in [-0.15, -0.1) is 11.3 Å². The second-order valence-electron chi connectivity index (χ2n) is 7.93. The van der Waals surface area contributed by atoms with Crippen molar-refractivity contribution in [3.05, 3.63) is 52.9 Å². The number of nitrogens with one attached hydrogen (secondary N) is 2. The minimum atomic E-state index is -3.40. The number of anilines is 2. The van der Waals surface area contributed by atoms with Crippen LogP contribution >= 0.6 is 22.9 Å². The molecule has 174 valence electrons. The molecule has 2 aromatic heterocycles. The van der Waals surface area contributed by atoms with Crippen molar-refractivity contribution in [2.24, 2.45) is 0 Å². The van der Waals surface area contributed by atoms with Crippen LogP contribution in [0, 0.1) is 0 Å². The first-order chi connectivity index (χ1) is 15.8. The molecule has 4 rings (SSSR count). The summed E-state index contributed by atoms with van der Waals surface area (Å²) in [6.45, 7) is 3.86. The Hall–Kier alpha value is -2.56. The van der Waals surface area contributed by atoms with Crippen LogP contribution in [0.1, 0.15) is 45.2 Å². The highest BCUT2D eigenvalue weighted by Crippen LogP contribution is 2.37. The topological polar surface area (TPSA) is 114 Å². The van der Waals surface area contributed by atoms with Crippen LogP contribution in [0.2, 0.25) is 5.15 Å². The van der Waals surface area contributed by atoms with Crippen molar-refractivity contribution >= 4 is 49.7 Å². The lowest BCUT2D eigenvalue weighted by Crippen LogP contribution is -2.39. The second-order valence-corrected chi connectivity index (χ2v) is 11.1. The van der Waals surface area contributed by atoms with Crippen LogP contribution < -0.4 is 10.0 Å². The van der Waals surface area contributed by atoms with E-state index in [1.807, 2.05) is 26.0 Å². The van der Waals surface area contributed by atoms with Crippen molar-refractivity contribution in [1.29, 1.82) is 0 Å². The lowest BCUT2D eigenvalue weighted by molar-refractivity contribution is -0.122. The van der Waals surface area contributed by atoms with E-state index in [0.717, 1.165) is 5.56 Å². The fourth-order valence-corrected chi connectivity index (χ4v) is 6.18. The van der Waals surface area contributed by atoms with E-state index in [1.54, 1.807) is 23.7 Å². The smallest absolute Gasteiger partial charge is 0.237 e. The lowest BCUT2D eigenvalue weighted by Gasteiger charge is -2.28. The summed E-state index contributed by atoms with van der Waals surface area (Å²) in [5, 5.41) is 5.01. The van der Waals surface area contributed by atoms with E-state index in [2.05, 4.69) is 25.0 Å². The van der Waals surface area contributed by atoms with Gasteiger partial charge in [0, 0.05) is 16.6 Å². The van der Waals surface area contributed by atoms with Gasteiger partial charge in [0.25, 0.3) is 0 Å². The predicted octanol–water partition coefficient (Wildman–Crippen LogP) is 4.85. The number of nitrogens with zero attached hydrogens (tertiary/aromatic N) is 3. The fourth-order valence-electron chi connectivity index (χ4n) is 3.63. The Morgan fingerprint density at radius 2 is 1.85 bits per heavy atom. The average molecular weight is 506 g/mol. The van der Waals surface area contributed by atoms with E-state index in [0.29, 0.717) is 53.0 Å². The number of hydrogen-bond acceptors (Lipinski definition) is 7. The van der Waals surface area contributed by atoms with Gasteiger partial charge in [0.1, 0.15) is 5.15 Å². The Balaban J connectivity index is 1.52. The van der Waals surface area contributed by atoms with Crippen molar-refractivity contribution in [1.82, 2.24) is 15.0 Å². The first kappa shape index (κ1) is 23.6. The quantitative estimate of drug-likeness (QED) is 0.429. The Morgan fingerprint density at radius 1 is 1.15 bits per heavy atom. The highest BCUT2D eigenvalue weighted by atomic mass is 35.5. The third-order valence-electron chi connectivity index (χ3n) is 5.87. The zero-order valence-corrected chi connectivity index (χ0v) is 20.6. The molecule has 0 bridgehead atoms. The van der Waals surface area contributed by atoms with Crippen LogP contribution in [-0.4, -0.2) is 34.5 Å². The van der Waals surface area contributed by atoms with Crippen LogP contribution in [0.4, 0.5) is 10.8 Å². The molecule has 2 heterocycles. The maximum Gasteiger partial charge on any atom is 0.237 e. The number of thiazole rings is 1. The molecule has 0 aliphatic heterocycles. The molecule has 11 heteroatoms. The first-order valence-corrected chi connectivity index (χ1v) is 13.4. The molecule has 0 radical (unpaired) electrons. The van der Waals surface area contributed by atoms with E-state index in [-0.39, 0.29) is 11.2 Å². The third kappa shape index (κ3) is 5.02. The molecular formula is C22H24ClN5O3S2. The molecule has 1 saturated carbocycles. The van der Waals surface area contributed by atoms with Crippen LogP contribution in [-0.2, 0) is 20.2 Å². The largest absolute Gasteiger partial charge is 0.325 e. The molecular weight excluding hydrogens is 482 g/mol. The van der Waals surface area contributed by atoms with Gasteiger partial charge in [-0.05, 0) is 37.8 Å². The van der Waals surface area contributed by atoms with Gasteiger partial charge in [-0.1, -0.05) is 37.6 Å². The number of amides is 1. The second kappa shape index (κ2) is 9.36. The maximum atomic E-state index is 13.4. The average Bonchev–Trinajstić information content (AvgIpc) is 3.57. The minimum absolute atomic E-state index is 0.190. The normalized spacial score (nSPS) is 14.2. The molecule has 1 fully saturated rings. The SMILES string of the molecule is CCC(CC)(C(=O)Nc1ccc(-c2cncc(Cl)n2)cc1)c1csc(NS(=O)(=O)C2CC2)n1. The van der Waals surface area contributed by atoms with Gasteiger partial charge < -0.3 is 5.32 Å². The molecule has 1 aliphatic carbocycles. The monoisotopic (exact) mass is 505 g/mol. The van der Waals surface area contributed by atoms with Crippen molar-refractivity contribution < 1.29 is 13.2 Å². The van der Waals surface area contributed by atoms with Crippen molar-refractivity contribution in [3.8, 4) is 11.3 Å². The Labute approximate surface area is 201 Å². The third-order valence-corrected chi connectivity index (χ3v) is 8.77. The summed E-state index contributed by atoms with van der Waals surface area (Å²) >= 11 is 7.12. The van der Waals surface area contributed by atoms with Crippen molar-refractivity contribution in [2.45, 2.75) is 50.2 Å². The maximum absolute atomic E-state index is 13.4. The number of halogens is 1. The molecule has 1 aliphatic rings. The van der Waals surface area contributed by atoms with E-state index >= 15 is 0 Å². The lowest BCUT2D eigenvalue weighted by atomic mass is 9.78. The number of aromatic nitrogens is 3. The molecule has 0 saturated heterocycles. The number of benzene rings is 1. The summed E-state index contributed by atoms with van der Waals surface area (Å²) < 4.78 is 27.1. The summed E-state index contributed by atoms with van der Waals surface area (Å²) in [7, 11) is -3.40. The number of carbonyl (C=O) groups is 1. The molecule has 33 heavy (non-hydrogen) atoms. The van der Waals surface area contributed by atoms with E-state index in [9.17, 15) is 13.2 Å². The van der Waals surface area contributed by atoms with Gasteiger partial charge in [-0.2, -0.15) is 0 Å². The van der Waals surface area contributed by atoms with Gasteiger partial charge >= 0.3 is 0 Å². The highest BCUT2D eigenvalue weighted by Gasteiger charge is 2.40. The Bertz CT molecular complexity index is 1250. The number of hydrogen-bond donors (Lipinski definition) is 2. The molecule has 0 spiro atoms. The molecule has 2 N–H and O–H groups in total. The van der Waals surface area contributed by atoms with Gasteiger partial charge in [0.2, 0.25) is 15.9 Å². The summed E-state index contributed by atoms with van der Waals surface area (Å²) in [5.74, 6) is -0.190. The van der Waals surface area contributed by atoms with Crippen molar-refractivity contribution in [2.75, 3.05) is 10.0 Å². The van der Waals surface area contributed by atoms with Crippen LogP contribution in [0.15, 0.2) is 42.0 Å². The summed E-state index contributed by atoms with van der Waals surface area (Å²) in [5.41, 5.74) is 1.79. The van der Waals surface area contributed by atoms with Crippen LogP contribution in [0.3, 0.4) is 0 Å². The Kier molecular flexibility index (Phi) is 6.69. The number of carbonyl (C=O) groups excluding carboxylic acids is 1. The molecule has 1 aromatic carbocycles. The Morgan fingerprint density at radius 3 is 2.45 bits per heavy atom. The molecule has 1 amide bonds. The van der Waals surface area contributed by atoms with E-state index in [4.69, 9.17) is 11.6 Å². The van der Waals surface area contributed by atoms with Gasteiger partial charge in [-0.25, -0.2) is 18.4 Å². The first-order valence-electron chi connectivity index (χ1n) is 10.6. The summed E-state index contributed by atoms with van der Waals surface area (Å²) in [6.07, 6.45) is 5.47. The molecule has 8 nitrogen and oxygen atoms in total. The summed E-state index contributed by atoms with van der Waals surface area (Å²) in [4.78, 5) is 26.2. The highest BCUT2D eigenvalue weighted by molar-refractivity contribution is 7.93.